The van der Waals surface area contributed by atoms with Crippen LogP contribution in [0.4, 0.5) is 4.39 Å². The van der Waals surface area contributed by atoms with Gasteiger partial charge in [-0.15, -0.1) is 0 Å². The minimum absolute atomic E-state index is 0.0488. The number of oxime groups is 1. The minimum Gasteiger partial charge on any atom is -0.489 e. The summed E-state index contributed by atoms with van der Waals surface area (Å²) in [6, 6.07) is 13.9. The second kappa shape index (κ2) is 9.14. The second-order valence-electron chi connectivity index (χ2n) is 6.64. The van der Waals surface area contributed by atoms with Gasteiger partial charge in [-0.25, -0.2) is 14.2 Å². The standard InChI is InChI=1S/C22H22FN3O3/c1-4-22(27)29-25-16(3)26-21(13-15(2)24-26)18-7-11-20(12-8-18)28-14-17-5-9-19(23)10-6-17/h4-12,21H,1,13-14H2,2-3H3/b25-16-. The van der Waals surface area contributed by atoms with Crippen molar-refractivity contribution in [3.05, 3.63) is 78.1 Å². The molecule has 150 valence electrons. The summed E-state index contributed by atoms with van der Waals surface area (Å²) in [5, 5.41) is 10.1. The van der Waals surface area contributed by atoms with Crippen molar-refractivity contribution in [1.29, 1.82) is 0 Å². The summed E-state index contributed by atoms with van der Waals surface area (Å²) in [7, 11) is 0. The molecular formula is C22H22FN3O3. The molecule has 6 nitrogen and oxygen atoms in total. The number of nitrogens with zero attached hydrogens (tertiary/aromatic N) is 3. The van der Waals surface area contributed by atoms with E-state index in [0.29, 0.717) is 18.2 Å². The van der Waals surface area contributed by atoms with Gasteiger partial charge in [0.15, 0.2) is 5.84 Å². The summed E-state index contributed by atoms with van der Waals surface area (Å²) < 4.78 is 18.7. The number of ether oxygens (including phenoxy) is 1. The Morgan fingerprint density at radius 2 is 1.97 bits per heavy atom. The molecule has 0 saturated carbocycles. The number of rotatable bonds is 6. The monoisotopic (exact) mass is 395 g/mol. The number of carbonyl (C=O) groups excluding carboxylic acids is 1. The lowest BCUT2D eigenvalue weighted by molar-refractivity contribution is -0.137. The number of halogens is 1. The molecule has 29 heavy (non-hydrogen) atoms. The molecular weight excluding hydrogens is 373 g/mol. The van der Waals surface area contributed by atoms with Gasteiger partial charge in [0, 0.05) is 18.2 Å². The minimum atomic E-state index is -0.622. The summed E-state index contributed by atoms with van der Waals surface area (Å²) in [6.45, 7) is 7.37. The van der Waals surface area contributed by atoms with Crippen LogP contribution in [0.2, 0.25) is 0 Å². The van der Waals surface area contributed by atoms with E-state index < -0.39 is 5.97 Å². The van der Waals surface area contributed by atoms with Crippen LogP contribution < -0.4 is 4.74 Å². The summed E-state index contributed by atoms with van der Waals surface area (Å²) in [4.78, 5) is 16.0. The maximum absolute atomic E-state index is 13.0. The number of carbonyl (C=O) groups is 1. The molecule has 7 heteroatoms. The van der Waals surface area contributed by atoms with Crippen LogP contribution in [0.1, 0.15) is 37.4 Å². The molecule has 0 bridgehead atoms. The van der Waals surface area contributed by atoms with Gasteiger partial charge in [-0.05, 0) is 49.2 Å². The summed E-state index contributed by atoms with van der Waals surface area (Å²) >= 11 is 0. The van der Waals surface area contributed by atoms with Gasteiger partial charge in [0.1, 0.15) is 18.2 Å². The van der Waals surface area contributed by atoms with E-state index in [4.69, 9.17) is 9.57 Å². The van der Waals surface area contributed by atoms with E-state index in [2.05, 4.69) is 16.8 Å². The first-order valence-electron chi connectivity index (χ1n) is 9.15. The molecule has 1 aliphatic rings. The van der Waals surface area contributed by atoms with Crippen LogP contribution in [0.25, 0.3) is 0 Å². The Kier molecular flexibility index (Phi) is 6.39. The van der Waals surface area contributed by atoms with Crippen LogP contribution in [0, 0.1) is 5.82 Å². The van der Waals surface area contributed by atoms with Gasteiger partial charge in [-0.3, -0.25) is 0 Å². The Hall–Kier alpha value is -3.48. The highest BCUT2D eigenvalue weighted by Gasteiger charge is 2.28. The zero-order valence-electron chi connectivity index (χ0n) is 16.3. The number of hydrogen-bond acceptors (Lipinski definition) is 5. The van der Waals surface area contributed by atoms with Crippen molar-refractivity contribution in [2.75, 3.05) is 0 Å². The lowest BCUT2D eigenvalue weighted by Gasteiger charge is -2.23. The van der Waals surface area contributed by atoms with E-state index >= 15 is 0 Å². The van der Waals surface area contributed by atoms with Gasteiger partial charge in [0.2, 0.25) is 0 Å². The first kappa shape index (κ1) is 20.3. The fraction of sp³-hybridized carbons (Fsp3) is 0.227. The van der Waals surface area contributed by atoms with Gasteiger partial charge in [-0.1, -0.05) is 36.0 Å². The highest BCUT2D eigenvalue weighted by atomic mass is 19.1. The lowest BCUT2D eigenvalue weighted by Crippen LogP contribution is -2.25. The van der Waals surface area contributed by atoms with E-state index in [9.17, 15) is 9.18 Å². The molecule has 1 heterocycles. The van der Waals surface area contributed by atoms with Crippen molar-refractivity contribution in [3.63, 3.8) is 0 Å². The quantitative estimate of drug-likeness (QED) is 0.236. The van der Waals surface area contributed by atoms with Crippen LogP contribution in [0.5, 0.6) is 5.75 Å². The summed E-state index contributed by atoms with van der Waals surface area (Å²) in [5.41, 5.74) is 2.88. The smallest absolute Gasteiger partial charge is 0.358 e. The molecule has 0 N–H and O–H groups in total. The maximum atomic E-state index is 13.0. The van der Waals surface area contributed by atoms with Crippen molar-refractivity contribution in [3.8, 4) is 5.75 Å². The Bertz CT molecular complexity index is 937. The highest BCUT2D eigenvalue weighted by molar-refractivity contribution is 5.90. The Morgan fingerprint density at radius 1 is 1.28 bits per heavy atom. The number of amidine groups is 1. The largest absolute Gasteiger partial charge is 0.489 e. The van der Waals surface area contributed by atoms with E-state index in [0.717, 1.165) is 29.3 Å². The van der Waals surface area contributed by atoms with Crippen LogP contribution in [-0.4, -0.2) is 22.5 Å². The van der Waals surface area contributed by atoms with Gasteiger partial charge < -0.3 is 9.57 Å². The SMILES string of the molecule is C=CC(=O)O/N=C(/C)N1N=C(C)CC1c1ccc(OCc2ccc(F)cc2)cc1. The van der Waals surface area contributed by atoms with E-state index in [1.165, 1.54) is 12.1 Å². The average Bonchev–Trinajstić information content (AvgIpc) is 3.13. The zero-order chi connectivity index (χ0) is 20.8. The van der Waals surface area contributed by atoms with Crippen molar-refractivity contribution in [2.45, 2.75) is 32.9 Å². The Balaban J connectivity index is 1.66. The van der Waals surface area contributed by atoms with E-state index in [-0.39, 0.29) is 11.9 Å². The van der Waals surface area contributed by atoms with Crippen LogP contribution in [0.3, 0.4) is 0 Å². The number of hydrazone groups is 1. The Morgan fingerprint density at radius 3 is 2.62 bits per heavy atom. The van der Waals surface area contributed by atoms with Crippen LogP contribution in [-0.2, 0) is 16.2 Å². The third-order valence-corrected chi connectivity index (χ3v) is 4.41. The first-order chi connectivity index (χ1) is 14.0. The summed E-state index contributed by atoms with van der Waals surface area (Å²) in [6.07, 6.45) is 1.79. The molecule has 0 aromatic heterocycles. The third-order valence-electron chi connectivity index (χ3n) is 4.41. The predicted octanol–water partition coefficient (Wildman–Crippen LogP) is 4.59. The van der Waals surface area contributed by atoms with Gasteiger partial charge in [-0.2, -0.15) is 5.10 Å². The van der Waals surface area contributed by atoms with Crippen molar-refractivity contribution in [1.82, 2.24) is 5.01 Å². The maximum Gasteiger partial charge on any atom is 0.358 e. The van der Waals surface area contributed by atoms with Crippen molar-refractivity contribution in [2.24, 2.45) is 10.3 Å². The van der Waals surface area contributed by atoms with Gasteiger partial charge in [0.25, 0.3) is 0 Å². The highest BCUT2D eigenvalue weighted by Crippen LogP contribution is 2.32. The predicted molar refractivity (Wildman–Crippen MR) is 109 cm³/mol. The molecule has 0 radical (unpaired) electrons. The van der Waals surface area contributed by atoms with Crippen molar-refractivity contribution < 1.29 is 18.8 Å². The fourth-order valence-electron chi connectivity index (χ4n) is 2.94. The molecule has 3 rings (SSSR count). The molecule has 0 fully saturated rings. The molecule has 0 amide bonds. The van der Waals surface area contributed by atoms with E-state index in [1.807, 2.05) is 31.2 Å². The van der Waals surface area contributed by atoms with Gasteiger partial charge in [0.05, 0.1) is 6.04 Å². The van der Waals surface area contributed by atoms with Crippen LogP contribution in [0.15, 0.2) is 71.4 Å². The fourth-order valence-corrected chi connectivity index (χ4v) is 2.94. The molecule has 2 aromatic carbocycles. The lowest BCUT2D eigenvalue weighted by atomic mass is 10.0. The molecule has 1 atom stereocenters. The number of benzene rings is 2. The molecule has 2 aromatic rings. The molecule has 0 saturated heterocycles. The first-order valence-corrected chi connectivity index (χ1v) is 9.15. The average molecular weight is 395 g/mol. The molecule has 0 spiro atoms. The third kappa shape index (κ3) is 5.28. The van der Waals surface area contributed by atoms with Gasteiger partial charge >= 0.3 is 5.97 Å². The van der Waals surface area contributed by atoms with Crippen LogP contribution >= 0.6 is 0 Å². The molecule has 0 aliphatic carbocycles. The topological polar surface area (TPSA) is 63.5 Å². The summed E-state index contributed by atoms with van der Waals surface area (Å²) in [5.74, 6) is 0.294. The zero-order valence-corrected chi connectivity index (χ0v) is 16.3. The second-order valence-corrected chi connectivity index (χ2v) is 6.64. The van der Waals surface area contributed by atoms with E-state index in [1.54, 1.807) is 24.1 Å². The number of hydrogen-bond donors (Lipinski definition) is 0. The molecule has 1 unspecified atom stereocenters. The normalized spacial score (nSPS) is 16.4. The van der Waals surface area contributed by atoms with Crippen molar-refractivity contribution >= 4 is 17.5 Å². The molecule has 1 aliphatic heterocycles. The Labute approximate surface area is 168 Å².